The average Bonchev–Trinajstić information content (AvgIpc) is 2.71. The van der Waals surface area contributed by atoms with Crippen LogP contribution < -0.4 is 10.5 Å². The monoisotopic (exact) mass is 327 g/mol. The first-order chi connectivity index (χ1) is 9.86. The molecule has 114 valence electrons. The number of hydrogen-bond acceptors (Lipinski definition) is 5. The summed E-state index contributed by atoms with van der Waals surface area (Å²) in [4.78, 5) is 16.5. The summed E-state index contributed by atoms with van der Waals surface area (Å²) in [7, 11) is -3.77. The number of nitrogens with two attached hydrogens (primary N) is 1. The Morgan fingerprint density at radius 3 is 2.48 bits per heavy atom. The molecule has 3 fully saturated rings. The number of fused-ring (bicyclic) bond motifs is 5. The summed E-state index contributed by atoms with van der Waals surface area (Å²) in [5.74, 6) is 2.68. The summed E-state index contributed by atoms with van der Waals surface area (Å²) in [6, 6.07) is 0. The third kappa shape index (κ3) is 2.03. The molecular weight excluding hydrogens is 310 g/mol. The van der Waals surface area contributed by atoms with E-state index in [4.69, 9.17) is 5.14 Å². The van der Waals surface area contributed by atoms with Gasteiger partial charge in [-0.2, -0.15) is 0 Å². The van der Waals surface area contributed by atoms with E-state index in [2.05, 4.69) is 10.3 Å². The molecule has 4 rings (SSSR count). The van der Waals surface area contributed by atoms with Crippen molar-refractivity contribution >= 4 is 32.4 Å². The second kappa shape index (κ2) is 4.27. The van der Waals surface area contributed by atoms with Gasteiger partial charge >= 0.3 is 0 Å². The van der Waals surface area contributed by atoms with Gasteiger partial charge in [0.1, 0.15) is 0 Å². The van der Waals surface area contributed by atoms with Gasteiger partial charge < -0.3 is 5.32 Å². The molecule has 1 aromatic heterocycles. The van der Waals surface area contributed by atoms with Crippen LogP contribution in [-0.2, 0) is 14.8 Å². The van der Waals surface area contributed by atoms with Crippen LogP contribution in [0.1, 0.15) is 25.0 Å². The number of nitrogens with one attached hydrogen (secondary N) is 1. The number of hydrogen-bond donors (Lipinski definition) is 2. The lowest BCUT2D eigenvalue weighted by molar-refractivity contribution is -0.118. The molecule has 0 aliphatic heterocycles. The number of aryl methyl sites for hydroxylation is 1. The molecule has 1 aromatic rings. The van der Waals surface area contributed by atoms with Crippen molar-refractivity contribution in [3.05, 3.63) is 5.69 Å². The lowest BCUT2D eigenvalue weighted by atomic mass is 10.0. The Morgan fingerprint density at radius 2 is 1.95 bits per heavy atom. The minimum atomic E-state index is -3.77. The van der Waals surface area contributed by atoms with Crippen molar-refractivity contribution in [1.82, 2.24) is 4.98 Å². The third-order valence-electron chi connectivity index (χ3n) is 5.28. The van der Waals surface area contributed by atoms with Gasteiger partial charge in [0, 0.05) is 5.92 Å². The van der Waals surface area contributed by atoms with Crippen LogP contribution in [0.3, 0.4) is 0 Å². The zero-order valence-electron chi connectivity index (χ0n) is 11.6. The van der Waals surface area contributed by atoms with Crippen molar-refractivity contribution in [2.24, 2.45) is 34.7 Å². The van der Waals surface area contributed by atoms with E-state index in [1.807, 2.05) is 0 Å². The summed E-state index contributed by atoms with van der Waals surface area (Å²) in [6.07, 6.45) is 3.83. The van der Waals surface area contributed by atoms with Gasteiger partial charge in [-0.05, 0) is 49.9 Å². The van der Waals surface area contributed by atoms with Crippen LogP contribution >= 0.6 is 11.3 Å². The lowest BCUT2D eigenvalue weighted by Crippen LogP contribution is -2.18. The number of anilines is 1. The molecule has 0 radical (unpaired) electrons. The highest BCUT2D eigenvalue weighted by Crippen LogP contribution is 2.69. The topological polar surface area (TPSA) is 102 Å². The van der Waals surface area contributed by atoms with Crippen molar-refractivity contribution in [1.29, 1.82) is 0 Å². The van der Waals surface area contributed by atoms with Gasteiger partial charge in [-0.15, -0.1) is 0 Å². The molecule has 1 heterocycles. The van der Waals surface area contributed by atoms with E-state index < -0.39 is 10.0 Å². The van der Waals surface area contributed by atoms with Gasteiger partial charge in [-0.3, -0.25) is 4.79 Å². The summed E-state index contributed by atoms with van der Waals surface area (Å²) >= 11 is 0.929. The summed E-state index contributed by atoms with van der Waals surface area (Å²) in [5, 5.41) is 8.24. The largest absolute Gasteiger partial charge is 0.302 e. The van der Waals surface area contributed by atoms with E-state index >= 15 is 0 Å². The number of primary sulfonamides is 1. The predicted molar refractivity (Wildman–Crippen MR) is 78.2 cm³/mol. The molecule has 3 N–H and O–H groups in total. The maximum atomic E-state index is 12.4. The van der Waals surface area contributed by atoms with E-state index in [0.717, 1.165) is 23.2 Å². The van der Waals surface area contributed by atoms with Crippen molar-refractivity contribution in [3.8, 4) is 0 Å². The van der Waals surface area contributed by atoms with Crippen LogP contribution in [0.4, 0.5) is 5.13 Å². The number of sulfonamides is 1. The Kier molecular flexibility index (Phi) is 2.78. The molecule has 4 atom stereocenters. The molecule has 21 heavy (non-hydrogen) atoms. The number of rotatable bonds is 3. The average molecular weight is 327 g/mol. The van der Waals surface area contributed by atoms with Gasteiger partial charge in [0.15, 0.2) is 9.34 Å². The maximum absolute atomic E-state index is 12.4. The second-order valence-corrected chi connectivity index (χ2v) is 9.20. The molecule has 0 saturated heterocycles. The van der Waals surface area contributed by atoms with Gasteiger partial charge in [0.25, 0.3) is 0 Å². The Morgan fingerprint density at radius 1 is 1.33 bits per heavy atom. The molecule has 6 nitrogen and oxygen atoms in total. The van der Waals surface area contributed by atoms with Crippen LogP contribution in [0.2, 0.25) is 0 Å². The standard InChI is InChI=1S/C13H17N3O3S2/c1-5-12(21(14,18)19)20-13(15-5)16-11(17)10-8-6-2-3-7(4-6)9(8)10/h6-10H,2-4H2,1H3,(H2,14,18,19)(H,15,16,17). The van der Waals surface area contributed by atoms with Gasteiger partial charge in [0.2, 0.25) is 15.9 Å². The Bertz CT molecular complexity index is 711. The minimum Gasteiger partial charge on any atom is -0.302 e. The van der Waals surface area contributed by atoms with E-state index in [1.165, 1.54) is 19.3 Å². The van der Waals surface area contributed by atoms with Crippen LogP contribution in [0.25, 0.3) is 0 Å². The van der Waals surface area contributed by atoms with Gasteiger partial charge in [-0.1, -0.05) is 11.3 Å². The van der Waals surface area contributed by atoms with Crippen LogP contribution in [0.15, 0.2) is 4.21 Å². The van der Waals surface area contributed by atoms with Crippen LogP contribution in [0.5, 0.6) is 0 Å². The Labute approximate surface area is 127 Å². The highest BCUT2D eigenvalue weighted by Gasteiger charge is 2.67. The molecular formula is C13H17N3O3S2. The second-order valence-electron chi connectivity index (χ2n) is 6.44. The Hall–Kier alpha value is -0.990. The number of carbonyl (C=O) groups excluding carboxylic acids is 1. The van der Waals surface area contributed by atoms with Crippen molar-refractivity contribution in [2.45, 2.75) is 30.4 Å². The number of thiazole rings is 1. The lowest BCUT2D eigenvalue weighted by Gasteiger charge is -2.07. The predicted octanol–water partition coefficient (Wildman–Crippen LogP) is 1.33. The van der Waals surface area contributed by atoms with E-state index in [0.29, 0.717) is 22.7 Å². The number of nitrogens with zero attached hydrogens (tertiary/aromatic N) is 1. The molecule has 3 aliphatic rings. The first-order valence-corrected chi connectivity index (χ1v) is 9.53. The smallest absolute Gasteiger partial charge is 0.249 e. The minimum absolute atomic E-state index is 0.00341. The first-order valence-electron chi connectivity index (χ1n) is 7.17. The highest BCUT2D eigenvalue weighted by molar-refractivity contribution is 7.91. The first kappa shape index (κ1) is 13.7. The molecule has 8 heteroatoms. The summed E-state index contributed by atoms with van der Waals surface area (Å²) < 4.78 is 22.8. The zero-order chi connectivity index (χ0) is 14.9. The molecule has 4 unspecified atom stereocenters. The van der Waals surface area contributed by atoms with Gasteiger partial charge in [-0.25, -0.2) is 18.5 Å². The highest BCUT2D eigenvalue weighted by atomic mass is 32.2. The molecule has 0 spiro atoms. The third-order valence-corrected chi connectivity index (χ3v) is 7.91. The van der Waals surface area contributed by atoms with Crippen LogP contribution in [-0.4, -0.2) is 19.3 Å². The zero-order valence-corrected chi connectivity index (χ0v) is 13.2. The molecule has 0 aromatic carbocycles. The van der Waals surface area contributed by atoms with Crippen LogP contribution in [0, 0.1) is 36.5 Å². The molecule has 3 aliphatic carbocycles. The fourth-order valence-electron chi connectivity index (χ4n) is 4.56. The van der Waals surface area contributed by atoms with Crippen molar-refractivity contribution < 1.29 is 13.2 Å². The van der Waals surface area contributed by atoms with Crippen molar-refractivity contribution in [3.63, 3.8) is 0 Å². The number of amides is 1. The summed E-state index contributed by atoms with van der Waals surface area (Å²) in [6.45, 7) is 1.58. The van der Waals surface area contributed by atoms with Crippen molar-refractivity contribution in [2.75, 3.05) is 5.32 Å². The maximum Gasteiger partial charge on any atom is 0.249 e. The molecule has 1 amide bonds. The quantitative estimate of drug-likeness (QED) is 0.874. The van der Waals surface area contributed by atoms with E-state index in [-0.39, 0.29) is 16.0 Å². The number of aromatic nitrogens is 1. The van der Waals surface area contributed by atoms with E-state index in [9.17, 15) is 13.2 Å². The number of carbonyl (C=O) groups is 1. The summed E-state index contributed by atoms with van der Waals surface area (Å²) in [5.41, 5.74) is 0.342. The molecule has 2 bridgehead atoms. The normalized spacial score (nSPS) is 36.6. The molecule has 3 saturated carbocycles. The SMILES string of the molecule is Cc1nc(NC(=O)C2C3C4CCC(C4)C23)sc1S(N)(=O)=O. The van der Waals surface area contributed by atoms with Gasteiger partial charge in [0.05, 0.1) is 5.69 Å². The Balaban J connectivity index is 1.49. The fourth-order valence-corrected chi connectivity index (χ4v) is 6.43. The van der Waals surface area contributed by atoms with E-state index in [1.54, 1.807) is 6.92 Å². The fraction of sp³-hybridized carbons (Fsp3) is 0.692.